The van der Waals surface area contributed by atoms with E-state index in [0.29, 0.717) is 5.56 Å². The fourth-order valence-corrected chi connectivity index (χ4v) is 1.88. The number of aliphatic carboxylic acids is 1. The molecule has 2 aromatic carbocycles. The fourth-order valence-electron chi connectivity index (χ4n) is 1.88. The molecular formula is C15H12O4. The van der Waals surface area contributed by atoms with Crippen LogP contribution in [0.3, 0.4) is 0 Å². The van der Waals surface area contributed by atoms with Crippen molar-refractivity contribution in [2.45, 2.75) is 12.8 Å². The van der Waals surface area contributed by atoms with E-state index in [1.54, 1.807) is 12.1 Å². The Morgan fingerprint density at radius 1 is 0.895 bits per heavy atom. The number of carboxylic acids is 1. The number of ketones is 2. The maximum atomic E-state index is 11.9. The minimum absolute atomic E-state index is 0.350. The number of benzene rings is 2. The first kappa shape index (κ1) is 13.0. The Balaban J connectivity index is 2.17. The van der Waals surface area contributed by atoms with Gasteiger partial charge < -0.3 is 5.11 Å². The third-order valence-corrected chi connectivity index (χ3v) is 2.78. The average Bonchev–Trinajstić information content (AvgIpc) is 2.37. The summed E-state index contributed by atoms with van der Waals surface area (Å²) in [4.78, 5) is 33.5. The number of hydrogen-bond donors (Lipinski definition) is 1. The Kier molecular flexibility index (Phi) is 3.71. The number of Topliss-reactive ketones (excluding diaryl/α,β-unsaturated/α-hetero) is 2. The van der Waals surface area contributed by atoms with Crippen molar-refractivity contribution < 1.29 is 19.5 Å². The van der Waals surface area contributed by atoms with Gasteiger partial charge in [-0.15, -0.1) is 0 Å². The van der Waals surface area contributed by atoms with Crippen LogP contribution in [0.2, 0.25) is 0 Å². The van der Waals surface area contributed by atoms with Crippen molar-refractivity contribution in [3.8, 4) is 0 Å². The summed E-state index contributed by atoms with van der Waals surface area (Å²) in [6.45, 7) is 0. The van der Waals surface area contributed by atoms with E-state index in [9.17, 15) is 14.4 Å². The van der Waals surface area contributed by atoms with E-state index in [-0.39, 0.29) is 12.2 Å². The molecule has 0 aromatic heterocycles. The third kappa shape index (κ3) is 3.25. The molecule has 19 heavy (non-hydrogen) atoms. The topological polar surface area (TPSA) is 71.4 Å². The molecule has 1 N–H and O–H groups in total. The average molecular weight is 256 g/mol. The number of carboxylic acid groups (broad SMARTS) is 1. The molecule has 0 saturated heterocycles. The van der Waals surface area contributed by atoms with E-state index in [0.717, 1.165) is 10.8 Å². The summed E-state index contributed by atoms with van der Waals surface area (Å²) in [5.74, 6) is -2.14. The minimum atomic E-state index is -1.21. The van der Waals surface area contributed by atoms with Gasteiger partial charge in [-0.05, 0) is 16.8 Å². The van der Waals surface area contributed by atoms with Gasteiger partial charge in [0, 0.05) is 5.56 Å². The van der Waals surface area contributed by atoms with E-state index >= 15 is 0 Å². The maximum absolute atomic E-state index is 11.9. The van der Waals surface area contributed by atoms with Crippen molar-refractivity contribution in [1.82, 2.24) is 0 Å². The molecule has 0 radical (unpaired) electrons. The third-order valence-electron chi connectivity index (χ3n) is 2.78. The summed E-state index contributed by atoms with van der Waals surface area (Å²) in [5.41, 5.74) is 0.428. The Hall–Kier alpha value is -2.49. The van der Waals surface area contributed by atoms with Crippen LogP contribution in [0, 0.1) is 0 Å². The lowest BCUT2D eigenvalue weighted by molar-refractivity contribution is -0.139. The van der Waals surface area contributed by atoms with Gasteiger partial charge in [-0.2, -0.15) is 0 Å². The van der Waals surface area contributed by atoms with E-state index in [1.807, 2.05) is 30.3 Å². The van der Waals surface area contributed by atoms with E-state index in [2.05, 4.69) is 0 Å². The fraction of sp³-hybridized carbons (Fsp3) is 0.133. The first-order chi connectivity index (χ1) is 9.06. The maximum Gasteiger partial charge on any atom is 0.310 e. The zero-order chi connectivity index (χ0) is 13.8. The Morgan fingerprint density at radius 3 is 2.26 bits per heavy atom. The van der Waals surface area contributed by atoms with Gasteiger partial charge in [-0.3, -0.25) is 14.4 Å². The molecule has 0 bridgehead atoms. The van der Waals surface area contributed by atoms with Crippen LogP contribution in [0.1, 0.15) is 23.2 Å². The molecule has 2 aromatic rings. The van der Waals surface area contributed by atoms with Crippen molar-refractivity contribution >= 4 is 28.3 Å². The summed E-state index contributed by atoms with van der Waals surface area (Å²) in [6, 6.07) is 12.8. The van der Waals surface area contributed by atoms with Crippen LogP contribution in [-0.4, -0.2) is 22.6 Å². The Labute approximate surface area is 109 Å². The second kappa shape index (κ2) is 5.44. The van der Waals surface area contributed by atoms with Crippen molar-refractivity contribution in [1.29, 1.82) is 0 Å². The highest BCUT2D eigenvalue weighted by Crippen LogP contribution is 2.16. The highest BCUT2D eigenvalue weighted by Gasteiger charge is 2.14. The molecule has 4 nitrogen and oxygen atoms in total. The smallest absolute Gasteiger partial charge is 0.310 e. The van der Waals surface area contributed by atoms with Gasteiger partial charge in [0.2, 0.25) is 0 Å². The molecule has 0 heterocycles. The van der Waals surface area contributed by atoms with Crippen LogP contribution in [0.25, 0.3) is 10.8 Å². The number of carbonyl (C=O) groups excluding carboxylic acids is 2. The van der Waals surface area contributed by atoms with Gasteiger partial charge in [0.15, 0.2) is 11.6 Å². The molecule has 96 valence electrons. The van der Waals surface area contributed by atoms with Crippen LogP contribution < -0.4 is 0 Å². The van der Waals surface area contributed by atoms with Crippen molar-refractivity contribution in [2.75, 3.05) is 0 Å². The van der Waals surface area contributed by atoms with Crippen LogP contribution in [0.15, 0.2) is 42.5 Å². The predicted octanol–water partition coefficient (Wildman–Crippen LogP) is 2.46. The van der Waals surface area contributed by atoms with Gasteiger partial charge in [0.05, 0.1) is 6.42 Å². The van der Waals surface area contributed by atoms with Crippen LogP contribution >= 0.6 is 0 Å². The molecule has 0 aliphatic heterocycles. The van der Waals surface area contributed by atoms with Crippen molar-refractivity contribution in [2.24, 2.45) is 0 Å². The van der Waals surface area contributed by atoms with Crippen LogP contribution in [0.4, 0.5) is 0 Å². The zero-order valence-electron chi connectivity index (χ0n) is 10.1. The molecule has 2 rings (SSSR count). The highest BCUT2D eigenvalue weighted by molar-refractivity contribution is 6.12. The Bertz CT molecular complexity index is 658. The molecule has 0 saturated carbocycles. The molecule has 0 spiro atoms. The molecule has 0 amide bonds. The second-order valence-corrected chi connectivity index (χ2v) is 4.27. The summed E-state index contributed by atoms with van der Waals surface area (Å²) >= 11 is 0. The van der Waals surface area contributed by atoms with E-state index in [1.165, 1.54) is 0 Å². The first-order valence-corrected chi connectivity index (χ1v) is 5.82. The quantitative estimate of drug-likeness (QED) is 0.658. The number of hydrogen-bond acceptors (Lipinski definition) is 3. The second-order valence-electron chi connectivity index (χ2n) is 4.27. The molecular weight excluding hydrogens is 244 g/mol. The summed E-state index contributed by atoms with van der Waals surface area (Å²) < 4.78 is 0. The van der Waals surface area contributed by atoms with Gasteiger partial charge in [-0.1, -0.05) is 36.4 Å². The van der Waals surface area contributed by atoms with Gasteiger partial charge in [-0.25, -0.2) is 0 Å². The van der Waals surface area contributed by atoms with Crippen molar-refractivity contribution in [3.63, 3.8) is 0 Å². The van der Waals surface area contributed by atoms with Gasteiger partial charge >= 0.3 is 5.97 Å². The van der Waals surface area contributed by atoms with Crippen LogP contribution in [-0.2, 0) is 9.59 Å². The van der Waals surface area contributed by atoms with E-state index < -0.39 is 18.2 Å². The predicted molar refractivity (Wildman–Crippen MR) is 70.2 cm³/mol. The molecule has 0 fully saturated rings. The number of fused-ring (bicyclic) bond motifs is 1. The minimum Gasteiger partial charge on any atom is -0.481 e. The molecule has 0 atom stereocenters. The normalized spacial score (nSPS) is 10.3. The zero-order valence-corrected chi connectivity index (χ0v) is 10.1. The summed E-state index contributed by atoms with van der Waals surface area (Å²) in [6.07, 6.45) is -0.982. The lowest BCUT2D eigenvalue weighted by atomic mass is 10.0. The SMILES string of the molecule is O=C(O)CC(=O)CC(=O)c1ccc2ccccc2c1. The number of rotatable bonds is 5. The molecule has 4 heteroatoms. The molecule has 0 aliphatic carbocycles. The van der Waals surface area contributed by atoms with Gasteiger partial charge in [0.1, 0.15) is 6.42 Å². The van der Waals surface area contributed by atoms with Gasteiger partial charge in [0.25, 0.3) is 0 Å². The standard InChI is InChI=1S/C15H12O4/c16-13(9-15(18)19)8-14(17)12-6-5-10-3-1-2-4-11(10)7-12/h1-7H,8-9H2,(H,18,19). The lowest BCUT2D eigenvalue weighted by Gasteiger charge is -2.02. The van der Waals surface area contributed by atoms with Crippen LogP contribution in [0.5, 0.6) is 0 Å². The largest absolute Gasteiger partial charge is 0.481 e. The molecule has 0 unspecified atom stereocenters. The number of carbonyl (C=O) groups is 3. The Morgan fingerprint density at radius 2 is 1.58 bits per heavy atom. The summed E-state index contributed by atoms with van der Waals surface area (Å²) in [5, 5.41) is 10.4. The highest BCUT2D eigenvalue weighted by atomic mass is 16.4. The first-order valence-electron chi connectivity index (χ1n) is 5.82. The monoisotopic (exact) mass is 256 g/mol. The van der Waals surface area contributed by atoms with Crippen molar-refractivity contribution in [3.05, 3.63) is 48.0 Å². The molecule has 0 aliphatic rings. The lowest BCUT2D eigenvalue weighted by Crippen LogP contribution is -2.12. The van der Waals surface area contributed by atoms with E-state index in [4.69, 9.17) is 5.11 Å². The summed E-state index contributed by atoms with van der Waals surface area (Å²) in [7, 11) is 0.